The Bertz CT molecular complexity index is 768. The molecular weight excluding hydrogens is 328 g/mol. The Morgan fingerprint density at radius 2 is 2.00 bits per heavy atom. The minimum Gasteiger partial charge on any atom is -0.338 e. The number of halogens is 1. The minimum atomic E-state index is -0.0628. The lowest BCUT2D eigenvalue weighted by molar-refractivity contribution is -0.132. The SMILES string of the molecule is CNCC1CCCN1C(=O)CCn1c(=O)n(C)c2ccccc21.Cl. The summed E-state index contributed by atoms with van der Waals surface area (Å²) in [5.41, 5.74) is 1.73. The van der Waals surface area contributed by atoms with Crippen LogP contribution < -0.4 is 11.0 Å². The highest BCUT2D eigenvalue weighted by Gasteiger charge is 2.27. The molecule has 1 aromatic carbocycles. The predicted molar refractivity (Wildman–Crippen MR) is 97.7 cm³/mol. The van der Waals surface area contributed by atoms with Crippen molar-refractivity contribution in [1.29, 1.82) is 0 Å². The number of amides is 1. The van der Waals surface area contributed by atoms with Gasteiger partial charge in [0.1, 0.15) is 0 Å². The van der Waals surface area contributed by atoms with Gasteiger partial charge in [-0.3, -0.25) is 13.9 Å². The quantitative estimate of drug-likeness (QED) is 0.884. The molecule has 0 aliphatic carbocycles. The molecule has 1 atom stereocenters. The fourth-order valence-electron chi connectivity index (χ4n) is 3.54. The van der Waals surface area contributed by atoms with E-state index in [1.807, 2.05) is 36.2 Å². The molecule has 1 aromatic heterocycles. The van der Waals surface area contributed by atoms with Crippen molar-refractivity contribution in [3.05, 3.63) is 34.7 Å². The first-order valence-corrected chi connectivity index (χ1v) is 8.22. The number of para-hydroxylation sites is 2. The van der Waals surface area contributed by atoms with E-state index in [1.165, 1.54) is 0 Å². The summed E-state index contributed by atoms with van der Waals surface area (Å²) in [5.74, 6) is 0.141. The van der Waals surface area contributed by atoms with Gasteiger partial charge < -0.3 is 10.2 Å². The van der Waals surface area contributed by atoms with Crippen molar-refractivity contribution in [2.24, 2.45) is 7.05 Å². The lowest BCUT2D eigenvalue weighted by Gasteiger charge is -2.24. The van der Waals surface area contributed by atoms with Gasteiger partial charge in [0.25, 0.3) is 0 Å². The monoisotopic (exact) mass is 352 g/mol. The van der Waals surface area contributed by atoms with Gasteiger partial charge in [0.2, 0.25) is 5.91 Å². The molecule has 2 heterocycles. The maximum atomic E-state index is 12.5. The number of benzene rings is 1. The number of aryl methyl sites for hydroxylation is 2. The molecule has 1 N–H and O–H groups in total. The van der Waals surface area contributed by atoms with Crippen molar-refractivity contribution in [2.75, 3.05) is 20.1 Å². The van der Waals surface area contributed by atoms with E-state index >= 15 is 0 Å². The number of hydrogen-bond acceptors (Lipinski definition) is 3. The van der Waals surface area contributed by atoms with Crippen LogP contribution in [0.1, 0.15) is 19.3 Å². The van der Waals surface area contributed by atoms with Gasteiger partial charge in [-0.2, -0.15) is 0 Å². The average molecular weight is 353 g/mol. The molecular formula is C17H25ClN4O2. The van der Waals surface area contributed by atoms with Gasteiger partial charge in [-0.25, -0.2) is 4.79 Å². The van der Waals surface area contributed by atoms with E-state index in [-0.39, 0.29) is 30.0 Å². The highest BCUT2D eigenvalue weighted by Crippen LogP contribution is 2.18. The zero-order valence-electron chi connectivity index (χ0n) is 14.2. The summed E-state index contributed by atoms with van der Waals surface area (Å²) in [6.45, 7) is 2.09. The molecule has 6 nitrogen and oxygen atoms in total. The highest BCUT2D eigenvalue weighted by molar-refractivity contribution is 5.85. The Hall–Kier alpha value is -1.79. The number of rotatable bonds is 5. The van der Waals surface area contributed by atoms with Crippen LogP contribution in [0.15, 0.2) is 29.1 Å². The van der Waals surface area contributed by atoms with Crippen LogP contribution in [0, 0.1) is 0 Å². The number of carbonyl (C=O) groups is 1. The number of hydrogen-bond donors (Lipinski definition) is 1. The van der Waals surface area contributed by atoms with Crippen molar-refractivity contribution in [3.63, 3.8) is 0 Å². The van der Waals surface area contributed by atoms with Crippen LogP contribution in [0.2, 0.25) is 0 Å². The Kier molecular flexibility index (Phi) is 6.07. The molecule has 24 heavy (non-hydrogen) atoms. The fourth-order valence-corrected chi connectivity index (χ4v) is 3.54. The molecule has 3 rings (SSSR count). The van der Waals surface area contributed by atoms with E-state index in [1.54, 1.807) is 16.2 Å². The Morgan fingerprint density at radius 1 is 1.29 bits per heavy atom. The van der Waals surface area contributed by atoms with Crippen LogP contribution in [0.3, 0.4) is 0 Å². The van der Waals surface area contributed by atoms with E-state index in [0.717, 1.165) is 37.0 Å². The molecule has 0 saturated carbocycles. The molecule has 0 radical (unpaired) electrons. The van der Waals surface area contributed by atoms with Crippen LogP contribution in [-0.4, -0.2) is 46.1 Å². The lowest BCUT2D eigenvalue weighted by atomic mass is 10.2. The average Bonchev–Trinajstić information content (AvgIpc) is 3.11. The molecule has 0 bridgehead atoms. The molecule has 2 aromatic rings. The first kappa shape index (κ1) is 18.5. The zero-order chi connectivity index (χ0) is 16.4. The van der Waals surface area contributed by atoms with Crippen molar-refractivity contribution < 1.29 is 4.79 Å². The first-order chi connectivity index (χ1) is 11.1. The largest absolute Gasteiger partial charge is 0.338 e. The minimum absolute atomic E-state index is 0. The smallest absolute Gasteiger partial charge is 0.328 e. The van der Waals surface area contributed by atoms with Crippen LogP contribution >= 0.6 is 12.4 Å². The van der Waals surface area contributed by atoms with Crippen LogP contribution in [-0.2, 0) is 18.4 Å². The molecule has 1 saturated heterocycles. The van der Waals surface area contributed by atoms with E-state index in [4.69, 9.17) is 0 Å². The van der Waals surface area contributed by atoms with Crippen molar-refractivity contribution in [2.45, 2.75) is 31.8 Å². The summed E-state index contributed by atoms with van der Waals surface area (Å²) < 4.78 is 3.34. The number of likely N-dealkylation sites (N-methyl/N-ethyl adjacent to an activating group) is 1. The summed E-state index contributed by atoms with van der Waals surface area (Å²) in [6.07, 6.45) is 2.49. The summed E-state index contributed by atoms with van der Waals surface area (Å²) in [6, 6.07) is 7.99. The molecule has 1 unspecified atom stereocenters. The van der Waals surface area contributed by atoms with E-state index in [2.05, 4.69) is 5.32 Å². The standard InChI is InChI=1S/C17H24N4O2.ClH/c1-18-12-13-6-5-10-20(13)16(22)9-11-21-15-8-4-3-7-14(15)19(2)17(21)23;/h3-4,7-8,13,18H,5-6,9-12H2,1-2H3;1H. The maximum Gasteiger partial charge on any atom is 0.328 e. The number of likely N-dealkylation sites (tertiary alicyclic amines) is 1. The van der Waals surface area contributed by atoms with Crippen LogP contribution in [0.5, 0.6) is 0 Å². The van der Waals surface area contributed by atoms with Gasteiger partial charge in [-0.05, 0) is 32.0 Å². The lowest BCUT2D eigenvalue weighted by Crippen LogP contribution is -2.41. The molecule has 0 spiro atoms. The molecule has 1 aliphatic rings. The van der Waals surface area contributed by atoms with Gasteiger partial charge in [0, 0.05) is 39.1 Å². The number of imidazole rings is 1. The maximum absolute atomic E-state index is 12.5. The summed E-state index contributed by atoms with van der Waals surface area (Å²) >= 11 is 0. The normalized spacial score (nSPS) is 17.2. The fraction of sp³-hybridized carbons (Fsp3) is 0.529. The van der Waals surface area contributed by atoms with Crippen LogP contribution in [0.4, 0.5) is 0 Å². The van der Waals surface area contributed by atoms with Gasteiger partial charge in [0.15, 0.2) is 0 Å². The number of aromatic nitrogens is 2. The molecule has 1 fully saturated rings. The second-order valence-corrected chi connectivity index (χ2v) is 6.17. The topological polar surface area (TPSA) is 59.3 Å². The first-order valence-electron chi connectivity index (χ1n) is 8.22. The predicted octanol–water partition coefficient (Wildman–Crippen LogP) is 1.36. The van der Waals surface area contributed by atoms with E-state index in [0.29, 0.717) is 13.0 Å². The van der Waals surface area contributed by atoms with Crippen molar-refractivity contribution >= 4 is 29.3 Å². The summed E-state index contributed by atoms with van der Waals surface area (Å²) in [7, 11) is 3.68. The molecule has 1 aliphatic heterocycles. The van der Waals surface area contributed by atoms with Crippen LogP contribution in [0.25, 0.3) is 11.0 Å². The van der Waals surface area contributed by atoms with Crippen molar-refractivity contribution in [3.8, 4) is 0 Å². The van der Waals surface area contributed by atoms with Gasteiger partial charge in [0.05, 0.1) is 11.0 Å². The summed E-state index contributed by atoms with van der Waals surface area (Å²) in [4.78, 5) is 26.9. The molecule has 1 amide bonds. The number of fused-ring (bicyclic) bond motifs is 1. The number of carbonyl (C=O) groups excluding carboxylic acids is 1. The Balaban J connectivity index is 0.00000208. The summed E-state index contributed by atoms with van der Waals surface area (Å²) in [5, 5.41) is 3.15. The Labute approximate surface area is 147 Å². The van der Waals surface area contributed by atoms with E-state index in [9.17, 15) is 9.59 Å². The molecule has 132 valence electrons. The third-order valence-corrected chi connectivity index (χ3v) is 4.74. The van der Waals surface area contributed by atoms with Gasteiger partial charge in [-0.1, -0.05) is 12.1 Å². The van der Waals surface area contributed by atoms with Crippen molar-refractivity contribution in [1.82, 2.24) is 19.4 Å². The highest BCUT2D eigenvalue weighted by atomic mass is 35.5. The third-order valence-electron chi connectivity index (χ3n) is 4.74. The zero-order valence-corrected chi connectivity index (χ0v) is 15.0. The van der Waals surface area contributed by atoms with E-state index < -0.39 is 0 Å². The Morgan fingerprint density at radius 3 is 2.71 bits per heavy atom. The second-order valence-electron chi connectivity index (χ2n) is 6.17. The molecule has 7 heteroatoms. The van der Waals surface area contributed by atoms with Gasteiger partial charge in [-0.15, -0.1) is 12.4 Å². The number of nitrogens with one attached hydrogen (secondary N) is 1. The van der Waals surface area contributed by atoms with Gasteiger partial charge >= 0.3 is 5.69 Å². The number of nitrogens with zero attached hydrogens (tertiary/aromatic N) is 3. The third kappa shape index (κ3) is 3.35. The second kappa shape index (κ2) is 7.85.